The number of unbranched alkanes of at least 4 members (excludes halogenated alkanes) is 13. The first-order valence-corrected chi connectivity index (χ1v) is 20.3. The number of aromatic nitrogens is 3. The molecule has 2 aromatic rings. The van der Waals surface area contributed by atoms with Crippen molar-refractivity contribution in [2.75, 3.05) is 0 Å². The van der Waals surface area contributed by atoms with E-state index in [1.54, 1.807) is 41.5 Å². The molecule has 298 valence electrons. The largest absolute Gasteiger partial charge is 0.487 e. The number of ether oxygens (including phenoxy) is 4. The van der Waals surface area contributed by atoms with E-state index in [0.29, 0.717) is 17.7 Å². The molecule has 1 aromatic heterocycles. The average Bonchev–Trinajstić information content (AvgIpc) is 3.48. The van der Waals surface area contributed by atoms with Crippen molar-refractivity contribution in [2.45, 2.75) is 209 Å². The van der Waals surface area contributed by atoms with Crippen LogP contribution in [0.4, 0.5) is 0 Å². The summed E-state index contributed by atoms with van der Waals surface area (Å²) < 4.78 is 25.3. The van der Waals surface area contributed by atoms with E-state index in [1.165, 1.54) is 95.1 Å². The molecule has 0 N–H and O–H groups in total. The third kappa shape index (κ3) is 13.7. The second kappa shape index (κ2) is 19.8. The van der Waals surface area contributed by atoms with Crippen LogP contribution in [0.3, 0.4) is 0 Å². The van der Waals surface area contributed by atoms with Gasteiger partial charge in [-0.1, -0.05) is 95.6 Å². The fourth-order valence-corrected chi connectivity index (χ4v) is 7.04. The van der Waals surface area contributed by atoms with Crippen LogP contribution in [-0.2, 0) is 27.2 Å². The smallest absolute Gasteiger partial charge is 0.362 e. The summed E-state index contributed by atoms with van der Waals surface area (Å²) in [4.78, 5) is 39.3. The molecule has 53 heavy (non-hydrogen) atoms. The van der Waals surface area contributed by atoms with Crippen molar-refractivity contribution in [1.82, 2.24) is 15.0 Å². The molecule has 1 atom stereocenters. The monoisotopic (exact) mass is 740 g/mol. The highest BCUT2D eigenvalue weighted by molar-refractivity contribution is 6.00. The van der Waals surface area contributed by atoms with Gasteiger partial charge in [0.1, 0.15) is 28.3 Å². The topological polar surface area (TPSA) is 119 Å². The molecule has 0 spiro atoms. The fraction of sp³-hybridized carbons (Fsp3) is 0.744. The van der Waals surface area contributed by atoms with Crippen molar-refractivity contribution >= 4 is 17.9 Å². The molecule has 0 saturated heterocycles. The predicted octanol–water partition coefficient (Wildman–Crippen LogP) is 10.7. The van der Waals surface area contributed by atoms with Crippen LogP contribution in [0.2, 0.25) is 0 Å². The molecule has 1 aromatic carbocycles. The van der Waals surface area contributed by atoms with Gasteiger partial charge in [0.25, 0.3) is 0 Å². The van der Waals surface area contributed by atoms with E-state index in [-0.39, 0.29) is 23.5 Å². The highest BCUT2D eigenvalue weighted by Gasteiger charge is 2.37. The second-order valence-electron chi connectivity index (χ2n) is 17.3. The zero-order valence-corrected chi connectivity index (χ0v) is 34.9. The maximum absolute atomic E-state index is 13.6. The molecule has 0 amide bonds. The van der Waals surface area contributed by atoms with Crippen molar-refractivity contribution < 1.29 is 33.3 Å². The molecule has 0 fully saturated rings. The van der Waals surface area contributed by atoms with Crippen LogP contribution < -0.4 is 9.47 Å². The summed E-state index contributed by atoms with van der Waals surface area (Å²) in [5.74, 6) is -0.828. The van der Waals surface area contributed by atoms with E-state index in [2.05, 4.69) is 24.2 Å². The minimum absolute atomic E-state index is 0.00449. The number of hydrogen-bond acceptors (Lipinski definition) is 9. The number of rotatable bonds is 20. The molecular formula is C43H69N3O7. The molecule has 10 nitrogen and oxygen atoms in total. The zero-order chi connectivity index (χ0) is 39.4. The van der Waals surface area contributed by atoms with Gasteiger partial charge in [0, 0.05) is 18.1 Å². The first-order chi connectivity index (χ1) is 24.9. The van der Waals surface area contributed by atoms with Crippen LogP contribution in [0, 0.1) is 13.8 Å². The summed E-state index contributed by atoms with van der Waals surface area (Å²) >= 11 is 0. The van der Waals surface area contributed by atoms with Crippen molar-refractivity contribution in [3.63, 3.8) is 0 Å². The predicted molar refractivity (Wildman–Crippen MR) is 209 cm³/mol. The van der Waals surface area contributed by atoms with Crippen molar-refractivity contribution in [1.29, 1.82) is 0 Å². The Hall–Kier alpha value is -3.43. The van der Waals surface area contributed by atoms with Gasteiger partial charge >= 0.3 is 17.9 Å². The molecule has 3 rings (SSSR count). The lowest BCUT2D eigenvalue weighted by Crippen LogP contribution is -2.37. The molecule has 0 aliphatic carbocycles. The molecule has 0 saturated carbocycles. The molecule has 2 heterocycles. The summed E-state index contributed by atoms with van der Waals surface area (Å²) in [7, 11) is 0. The second-order valence-corrected chi connectivity index (χ2v) is 17.3. The first kappa shape index (κ1) is 44.0. The standard InChI is InChI=1S/C43H69N3O7/c1-12-13-14-15-16-17-18-19-20-21-22-23-24-25-27-43(11)28-26-33-34(37(50-32(4)47)30(2)31(3)38(33)51-43)29-46-36(40(49)53-42(8,9)10)35(44-45-46)39(48)52-41(5,6)7/h12-29H2,1-11H3. The van der Waals surface area contributed by atoms with Crippen molar-refractivity contribution in [3.8, 4) is 11.5 Å². The first-order valence-electron chi connectivity index (χ1n) is 20.3. The summed E-state index contributed by atoms with van der Waals surface area (Å²) in [5.41, 5.74) is 0.860. The van der Waals surface area contributed by atoms with E-state index >= 15 is 0 Å². The molecule has 0 bridgehead atoms. The van der Waals surface area contributed by atoms with Crippen molar-refractivity contribution in [2.24, 2.45) is 0 Å². The zero-order valence-electron chi connectivity index (χ0n) is 34.9. The summed E-state index contributed by atoms with van der Waals surface area (Å²) in [6.07, 6.45) is 20.9. The number of hydrogen-bond donors (Lipinski definition) is 0. The van der Waals surface area contributed by atoms with E-state index in [9.17, 15) is 14.4 Å². The Balaban J connectivity index is 1.76. The minimum atomic E-state index is -0.842. The fourth-order valence-electron chi connectivity index (χ4n) is 7.04. The third-order valence-corrected chi connectivity index (χ3v) is 9.94. The number of esters is 3. The maximum Gasteiger partial charge on any atom is 0.362 e. The van der Waals surface area contributed by atoms with Gasteiger partial charge in [-0.2, -0.15) is 0 Å². The van der Waals surface area contributed by atoms with Gasteiger partial charge in [0.15, 0.2) is 5.69 Å². The van der Waals surface area contributed by atoms with Gasteiger partial charge in [0.05, 0.1) is 6.54 Å². The number of nitrogens with zero attached hydrogens (tertiary/aromatic N) is 3. The van der Waals surface area contributed by atoms with Gasteiger partial charge in [-0.15, -0.1) is 5.10 Å². The SMILES string of the molecule is CCCCCCCCCCCCCCCCC1(C)CCc2c(Cn3nnc(C(=O)OC(C)(C)C)c3C(=O)OC(C)(C)C)c(OC(C)=O)c(C)c(C)c2O1. The Labute approximate surface area is 319 Å². The summed E-state index contributed by atoms with van der Waals surface area (Å²) in [5, 5.41) is 8.35. The van der Waals surface area contributed by atoms with E-state index < -0.39 is 29.1 Å². The van der Waals surface area contributed by atoms with E-state index in [1.807, 2.05) is 13.8 Å². The summed E-state index contributed by atoms with van der Waals surface area (Å²) in [6.45, 7) is 20.2. The number of carbonyl (C=O) groups is 3. The molecule has 1 unspecified atom stereocenters. The Morgan fingerprint density at radius 3 is 1.79 bits per heavy atom. The molecular weight excluding hydrogens is 670 g/mol. The van der Waals surface area contributed by atoms with Crippen LogP contribution in [0.15, 0.2) is 0 Å². The van der Waals surface area contributed by atoms with Gasteiger partial charge in [0.2, 0.25) is 5.69 Å². The molecule has 1 aliphatic heterocycles. The lowest BCUT2D eigenvalue weighted by Gasteiger charge is -2.38. The third-order valence-electron chi connectivity index (χ3n) is 9.94. The van der Waals surface area contributed by atoms with Crippen LogP contribution in [-0.4, -0.2) is 49.7 Å². The summed E-state index contributed by atoms with van der Waals surface area (Å²) in [6, 6.07) is 0. The number of benzene rings is 1. The Morgan fingerprint density at radius 1 is 0.774 bits per heavy atom. The lowest BCUT2D eigenvalue weighted by atomic mass is 9.84. The molecule has 10 heteroatoms. The Morgan fingerprint density at radius 2 is 1.28 bits per heavy atom. The van der Waals surface area contributed by atoms with Crippen LogP contribution in [0.25, 0.3) is 0 Å². The van der Waals surface area contributed by atoms with Gasteiger partial charge in [-0.05, 0) is 99.1 Å². The van der Waals surface area contributed by atoms with Gasteiger partial charge in [-0.25, -0.2) is 14.3 Å². The average molecular weight is 740 g/mol. The Kier molecular flexibility index (Phi) is 16.4. The molecule has 0 radical (unpaired) electrons. The van der Waals surface area contributed by atoms with E-state index in [4.69, 9.17) is 18.9 Å². The van der Waals surface area contributed by atoms with Crippen LogP contribution in [0.5, 0.6) is 11.5 Å². The van der Waals surface area contributed by atoms with Crippen LogP contribution in [0.1, 0.15) is 208 Å². The number of carbonyl (C=O) groups excluding carboxylic acids is 3. The maximum atomic E-state index is 13.6. The Bertz CT molecular complexity index is 1530. The highest BCUT2D eigenvalue weighted by atomic mass is 16.6. The quantitative estimate of drug-likeness (QED) is 0.0742. The van der Waals surface area contributed by atoms with Crippen molar-refractivity contribution in [3.05, 3.63) is 33.6 Å². The van der Waals surface area contributed by atoms with Crippen LogP contribution >= 0.6 is 0 Å². The van der Waals surface area contributed by atoms with Gasteiger partial charge in [-0.3, -0.25) is 4.79 Å². The normalized spacial score (nSPS) is 15.8. The highest BCUT2D eigenvalue weighted by Crippen LogP contribution is 2.46. The van der Waals surface area contributed by atoms with Gasteiger partial charge < -0.3 is 18.9 Å². The molecule has 1 aliphatic rings. The number of fused-ring (bicyclic) bond motifs is 1. The lowest BCUT2D eigenvalue weighted by molar-refractivity contribution is -0.132. The van der Waals surface area contributed by atoms with E-state index in [0.717, 1.165) is 41.7 Å². The minimum Gasteiger partial charge on any atom is -0.487 e.